The number of alkyl halides is 3. The minimum Gasteiger partial charge on any atom is -0.493 e. The number of hydrogen-bond donors (Lipinski definition) is 0. The summed E-state index contributed by atoms with van der Waals surface area (Å²) in [4.78, 5) is 39.2. The van der Waals surface area contributed by atoms with Crippen LogP contribution in [0.25, 0.3) is 0 Å². The highest BCUT2D eigenvalue weighted by Crippen LogP contribution is 2.30. The molecule has 0 bridgehead atoms. The standard InChI is InChI=1S/C26H20F3NO5/c1-2-34-22-11-10-16(14-30-23(31)19-8-3-4-9-20(19)24(30)32)13-21(22)25(33)35-15-17-6-5-7-18(12-17)26(27,28)29/h3-13H,2,14-15H2,1H3. The molecule has 0 spiro atoms. The van der Waals surface area contributed by atoms with E-state index >= 15 is 0 Å². The molecular formula is C26H20F3NO5. The molecule has 6 nitrogen and oxygen atoms in total. The summed E-state index contributed by atoms with van der Waals surface area (Å²) in [5.74, 6) is -1.47. The average Bonchev–Trinajstić information content (AvgIpc) is 3.08. The molecule has 0 aliphatic carbocycles. The highest BCUT2D eigenvalue weighted by molar-refractivity contribution is 6.21. The summed E-state index contributed by atoms with van der Waals surface area (Å²) in [6.45, 7) is 1.53. The third-order valence-corrected chi connectivity index (χ3v) is 5.41. The second-order valence-electron chi connectivity index (χ2n) is 7.78. The van der Waals surface area contributed by atoms with E-state index in [0.29, 0.717) is 16.7 Å². The summed E-state index contributed by atoms with van der Waals surface area (Å²) in [5, 5.41) is 0. The lowest BCUT2D eigenvalue weighted by molar-refractivity contribution is -0.137. The molecular weight excluding hydrogens is 463 g/mol. The molecule has 35 heavy (non-hydrogen) atoms. The van der Waals surface area contributed by atoms with E-state index in [-0.39, 0.29) is 36.6 Å². The van der Waals surface area contributed by atoms with Crippen molar-refractivity contribution in [3.8, 4) is 5.75 Å². The number of esters is 1. The van der Waals surface area contributed by atoms with Gasteiger partial charge in [0.05, 0.1) is 29.8 Å². The van der Waals surface area contributed by atoms with Gasteiger partial charge in [-0.1, -0.05) is 30.3 Å². The topological polar surface area (TPSA) is 72.9 Å². The van der Waals surface area contributed by atoms with E-state index in [9.17, 15) is 27.6 Å². The summed E-state index contributed by atoms with van der Waals surface area (Å²) in [5.41, 5.74) is 0.465. The molecule has 0 radical (unpaired) electrons. The number of rotatable bonds is 7. The van der Waals surface area contributed by atoms with Crippen molar-refractivity contribution in [3.05, 3.63) is 100 Å². The van der Waals surface area contributed by atoms with E-state index in [1.165, 1.54) is 24.3 Å². The number of halogens is 3. The maximum atomic E-state index is 12.9. The van der Waals surface area contributed by atoms with Crippen molar-refractivity contribution >= 4 is 17.8 Å². The van der Waals surface area contributed by atoms with E-state index in [4.69, 9.17) is 9.47 Å². The molecule has 3 aromatic rings. The van der Waals surface area contributed by atoms with Crippen LogP contribution in [0.2, 0.25) is 0 Å². The number of nitrogens with zero attached hydrogens (tertiary/aromatic N) is 1. The fourth-order valence-electron chi connectivity index (χ4n) is 3.75. The summed E-state index contributed by atoms with van der Waals surface area (Å²) in [7, 11) is 0. The van der Waals surface area contributed by atoms with Crippen LogP contribution in [-0.4, -0.2) is 29.3 Å². The fraction of sp³-hybridized carbons (Fsp3) is 0.192. The van der Waals surface area contributed by atoms with Gasteiger partial charge in [-0.15, -0.1) is 0 Å². The Balaban J connectivity index is 1.53. The minimum absolute atomic E-state index is 0.0351. The van der Waals surface area contributed by atoms with Gasteiger partial charge in [0.2, 0.25) is 0 Å². The quantitative estimate of drug-likeness (QED) is 0.339. The van der Waals surface area contributed by atoms with Crippen LogP contribution in [-0.2, 0) is 24.1 Å². The third kappa shape index (κ3) is 5.03. The lowest BCUT2D eigenvalue weighted by Crippen LogP contribution is -2.29. The maximum Gasteiger partial charge on any atom is 0.416 e. The van der Waals surface area contributed by atoms with Crippen molar-refractivity contribution in [2.75, 3.05) is 6.61 Å². The zero-order chi connectivity index (χ0) is 25.2. The van der Waals surface area contributed by atoms with Crippen LogP contribution in [0.5, 0.6) is 5.75 Å². The smallest absolute Gasteiger partial charge is 0.416 e. The molecule has 3 aromatic carbocycles. The molecule has 180 valence electrons. The Hall–Kier alpha value is -4.14. The lowest BCUT2D eigenvalue weighted by Gasteiger charge is -2.16. The van der Waals surface area contributed by atoms with Gasteiger partial charge in [-0.2, -0.15) is 13.2 Å². The first-order valence-corrected chi connectivity index (χ1v) is 10.7. The Morgan fingerprint density at radius 2 is 1.57 bits per heavy atom. The monoisotopic (exact) mass is 483 g/mol. The number of fused-ring (bicyclic) bond motifs is 1. The Kier molecular flexibility index (Phi) is 6.59. The zero-order valence-corrected chi connectivity index (χ0v) is 18.6. The second-order valence-corrected chi connectivity index (χ2v) is 7.78. The highest BCUT2D eigenvalue weighted by atomic mass is 19.4. The van der Waals surface area contributed by atoms with E-state index in [0.717, 1.165) is 17.0 Å². The largest absolute Gasteiger partial charge is 0.493 e. The molecule has 0 unspecified atom stereocenters. The predicted octanol–water partition coefficient (Wildman–Crippen LogP) is 5.26. The Labute approximate surface area is 198 Å². The van der Waals surface area contributed by atoms with Gasteiger partial charge in [0.25, 0.3) is 11.8 Å². The van der Waals surface area contributed by atoms with Gasteiger partial charge in [0, 0.05) is 0 Å². The van der Waals surface area contributed by atoms with Crippen molar-refractivity contribution in [1.29, 1.82) is 0 Å². The van der Waals surface area contributed by atoms with Crippen LogP contribution in [0.3, 0.4) is 0 Å². The third-order valence-electron chi connectivity index (χ3n) is 5.41. The van der Waals surface area contributed by atoms with E-state index in [1.54, 1.807) is 37.3 Å². The molecule has 4 rings (SSSR count). The van der Waals surface area contributed by atoms with Crippen molar-refractivity contribution in [2.24, 2.45) is 0 Å². The number of ether oxygens (including phenoxy) is 2. The van der Waals surface area contributed by atoms with Crippen LogP contribution in [0, 0.1) is 0 Å². The molecule has 0 saturated heterocycles. The van der Waals surface area contributed by atoms with Crippen molar-refractivity contribution < 1.29 is 37.0 Å². The highest BCUT2D eigenvalue weighted by Gasteiger charge is 2.35. The molecule has 1 heterocycles. The van der Waals surface area contributed by atoms with Gasteiger partial charge in [-0.05, 0) is 54.4 Å². The maximum absolute atomic E-state index is 12.9. The summed E-state index contributed by atoms with van der Waals surface area (Å²) in [6.07, 6.45) is -4.51. The normalized spacial score (nSPS) is 13.1. The van der Waals surface area contributed by atoms with Crippen LogP contribution >= 0.6 is 0 Å². The van der Waals surface area contributed by atoms with Gasteiger partial charge >= 0.3 is 12.1 Å². The predicted molar refractivity (Wildman–Crippen MR) is 119 cm³/mol. The van der Waals surface area contributed by atoms with Crippen molar-refractivity contribution in [3.63, 3.8) is 0 Å². The first-order valence-electron chi connectivity index (χ1n) is 10.7. The Morgan fingerprint density at radius 1 is 0.886 bits per heavy atom. The van der Waals surface area contributed by atoms with Gasteiger partial charge in [0.15, 0.2) is 0 Å². The van der Waals surface area contributed by atoms with Crippen LogP contribution < -0.4 is 4.74 Å². The van der Waals surface area contributed by atoms with E-state index < -0.39 is 29.5 Å². The molecule has 1 aliphatic rings. The van der Waals surface area contributed by atoms with Crippen LogP contribution in [0.1, 0.15) is 54.7 Å². The summed E-state index contributed by atoms with van der Waals surface area (Å²) >= 11 is 0. The number of carbonyl (C=O) groups excluding carboxylic acids is 3. The zero-order valence-electron chi connectivity index (χ0n) is 18.6. The number of benzene rings is 3. The molecule has 2 amide bonds. The first kappa shape index (κ1) is 24.0. The van der Waals surface area contributed by atoms with Gasteiger partial charge < -0.3 is 9.47 Å². The van der Waals surface area contributed by atoms with Crippen molar-refractivity contribution in [1.82, 2.24) is 4.90 Å². The van der Waals surface area contributed by atoms with Gasteiger partial charge in [-0.25, -0.2) is 4.79 Å². The first-order chi connectivity index (χ1) is 16.7. The summed E-state index contributed by atoms with van der Waals surface area (Å²) in [6, 6.07) is 15.6. The molecule has 1 aliphatic heterocycles. The molecule has 0 aromatic heterocycles. The van der Waals surface area contributed by atoms with E-state index in [1.807, 2.05) is 0 Å². The SMILES string of the molecule is CCOc1ccc(CN2C(=O)c3ccccc3C2=O)cc1C(=O)OCc1cccc(C(F)(F)F)c1. The van der Waals surface area contributed by atoms with Crippen LogP contribution in [0.4, 0.5) is 13.2 Å². The fourth-order valence-corrected chi connectivity index (χ4v) is 3.75. The number of amides is 2. The molecule has 0 N–H and O–H groups in total. The molecule has 9 heteroatoms. The minimum atomic E-state index is -4.51. The van der Waals surface area contributed by atoms with Gasteiger partial charge in [0.1, 0.15) is 17.9 Å². The Morgan fingerprint density at radius 3 is 2.20 bits per heavy atom. The number of carbonyl (C=O) groups is 3. The van der Waals surface area contributed by atoms with Crippen molar-refractivity contribution in [2.45, 2.75) is 26.3 Å². The second kappa shape index (κ2) is 9.61. The molecule has 0 fully saturated rings. The molecule has 0 atom stereocenters. The average molecular weight is 483 g/mol. The Bertz CT molecular complexity index is 1270. The summed E-state index contributed by atoms with van der Waals surface area (Å²) < 4.78 is 49.6. The van der Waals surface area contributed by atoms with E-state index in [2.05, 4.69) is 0 Å². The van der Waals surface area contributed by atoms with Gasteiger partial charge in [-0.3, -0.25) is 14.5 Å². The molecule has 0 saturated carbocycles. The number of imide groups is 1. The number of hydrogen-bond acceptors (Lipinski definition) is 5. The van der Waals surface area contributed by atoms with Crippen LogP contribution in [0.15, 0.2) is 66.7 Å². The lowest BCUT2D eigenvalue weighted by atomic mass is 10.1.